The number of benzene rings is 2. The minimum atomic E-state index is -0.279. The maximum atomic E-state index is 12.7. The molecular formula is C23H23N5O2. The Morgan fingerprint density at radius 2 is 1.87 bits per heavy atom. The molecule has 0 aliphatic rings. The van der Waals surface area contributed by atoms with Crippen LogP contribution in [0.5, 0.6) is 5.75 Å². The SMILES string of the molecule is COc1ccc(NC(=O)c2cc3c(N(C)Cc4ccccc4)nc(C)cn3n2)cc1. The Bertz CT molecular complexity index is 1170. The van der Waals surface area contributed by atoms with Gasteiger partial charge in [-0.2, -0.15) is 5.10 Å². The van der Waals surface area contributed by atoms with Gasteiger partial charge in [0.05, 0.1) is 19.0 Å². The van der Waals surface area contributed by atoms with Gasteiger partial charge in [-0.25, -0.2) is 9.50 Å². The van der Waals surface area contributed by atoms with Crippen molar-refractivity contribution < 1.29 is 9.53 Å². The van der Waals surface area contributed by atoms with Crippen molar-refractivity contribution >= 4 is 22.9 Å². The summed E-state index contributed by atoms with van der Waals surface area (Å²) in [5, 5.41) is 7.34. The molecule has 0 bridgehead atoms. The van der Waals surface area contributed by atoms with E-state index in [-0.39, 0.29) is 5.91 Å². The van der Waals surface area contributed by atoms with E-state index < -0.39 is 0 Å². The van der Waals surface area contributed by atoms with Gasteiger partial charge in [-0.3, -0.25) is 4.79 Å². The number of methoxy groups -OCH3 is 1. The molecule has 0 radical (unpaired) electrons. The highest BCUT2D eigenvalue weighted by atomic mass is 16.5. The zero-order valence-electron chi connectivity index (χ0n) is 17.2. The van der Waals surface area contributed by atoms with Crippen LogP contribution in [0.1, 0.15) is 21.7 Å². The lowest BCUT2D eigenvalue weighted by atomic mass is 10.2. The molecule has 152 valence electrons. The minimum absolute atomic E-state index is 0.279. The van der Waals surface area contributed by atoms with Crippen LogP contribution in [0.2, 0.25) is 0 Å². The van der Waals surface area contributed by atoms with Crippen LogP contribution in [0.4, 0.5) is 11.5 Å². The number of anilines is 2. The predicted molar refractivity (Wildman–Crippen MR) is 117 cm³/mol. The molecular weight excluding hydrogens is 378 g/mol. The molecule has 0 saturated heterocycles. The first-order valence-corrected chi connectivity index (χ1v) is 9.61. The standard InChI is InChI=1S/C23H23N5O2/c1-16-14-28-21(22(24-16)27(2)15-17-7-5-4-6-8-17)13-20(26-28)23(29)25-18-9-11-19(30-3)12-10-18/h4-14H,15H2,1-3H3,(H,25,29). The predicted octanol–water partition coefficient (Wildman–Crippen LogP) is 3.94. The zero-order chi connectivity index (χ0) is 21.1. The van der Waals surface area contributed by atoms with Crippen LogP contribution >= 0.6 is 0 Å². The van der Waals surface area contributed by atoms with Crippen molar-refractivity contribution in [2.75, 3.05) is 24.4 Å². The summed E-state index contributed by atoms with van der Waals surface area (Å²) in [5.74, 6) is 1.22. The van der Waals surface area contributed by atoms with Crippen molar-refractivity contribution in [1.82, 2.24) is 14.6 Å². The van der Waals surface area contributed by atoms with E-state index in [2.05, 4.69) is 27.4 Å². The zero-order valence-corrected chi connectivity index (χ0v) is 17.2. The number of amides is 1. The van der Waals surface area contributed by atoms with Crippen LogP contribution in [0.25, 0.3) is 5.52 Å². The first kappa shape index (κ1) is 19.4. The second kappa shape index (κ2) is 8.24. The second-order valence-electron chi connectivity index (χ2n) is 7.09. The van der Waals surface area contributed by atoms with Gasteiger partial charge in [0.15, 0.2) is 11.5 Å². The van der Waals surface area contributed by atoms with Gasteiger partial charge in [0.2, 0.25) is 0 Å². The average Bonchev–Trinajstić information content (AvgIpc) is 3.18. The molecule has 7 heteroatoms. The van der Waals surface area contributed by atoms with Crippen LogP contribution in [0, 0.1) is 6.92 Å². The molecule has 0 spiro atoms. The van der Waals surface area contributed by atoms with E-state index in [9.17, 15) is 4.79 Å². The van der Waals surface area contributed by atoms with Gasteiger partial charge in [-0.05, 0) is 36.8 Å². The largest absolute Gasteiger partial charge is 0.497 e. The van der Waals surface area contributed by atoms with Crippen LogP contribution in [-0.4, -0.2) is 34.7 Å². The average molecular weight is 401 g/mol. The van der Waals surface area contributed by atoms with E-state index in [1.165, 1.54) is 5.56 Å². The summed E-state index contributed by atoms with van der Waals surface area (Å²) in [4.78, 5) is 19.5. The maximum Gasteiger partial charge on any atom is 0.276 e. The van der Waals surface area contributed by atoms with E-state index in [0.29, 0.717) is 17.9 Å². The van der Waals surface area contributed by atoms with Crippen LogP contribution in [0.15, 0.2) is 66.9 Å². The molecule has 0 unspecified atom stereocenters. The molecule has 7 nitrogen and oxygen atoms in total. The van der Waals surface area contributed by atoms with Gasteiger partial charge in [0.25, 0.3) is 5.91 Å². The van der Waals surface area contributed by atoms with Gasteiger partial charge in [-0.15, -0.1) is 0 Å². The van der Waals surface area contributed by atoms with Crippen molar-refractivity contribution in [3.63, 3.8) is 0 Å². The molecule has 0 saturated carbocycles. The summed E-state index contributed by atoms with van der Waals surface area (Å²) < 4.78 is 6.86. The Kier molecular flexibility index (Phi) is 5.34. The van der Waals surface area contributed by atoms with Gasteiger partial charge in [0.1, 0.15) is 11.3 Å². The summed E-state index contributed by atoms with van der Waals surface area (Å²) in [5.41, 5.74) is 3.78. The van der Waals surface area contributed by atoms with Gasteiger partial charge in [0, 0.05) is 25.3 Å². The number of carbonyl (C=O) groups is 1. The molecule has 0 fully saturated rings. The van der Waals surface area contributed by atoms with E-state index in [0.717, 1.165) is 22.8 Å². The number of nitrogens with one attached hydrogen (secondary N) is 1. The molecule has 2 aromatic carbocycles. The Morgan fingerprint density at radius 3 is 2.57 bits per heavy atom. The highest BCUT2D eigenvalue weighted by molar-refractivity contribution is 6.04. The van der Waals surface area contributed by atoms with Gasteiger partial charge < -0.3 is 15.0 Å². The number of aromatic nitrogens is 3. The van der Waals surface area contributed by atoms with E-state index >= 15 is 0 Å². The summed E-state index contributed by atoms with van der Waals surface area (Å²) >= 11 is 0. The van der Waals surface area contributed by atoms with Crippen LogP contribution < -0.4 is 15.0 Å². The fourth-order valence-corrected chi connectivity index (χ4v) is 3.28. The third-order valence-corrected chi connectivity index (χ3v) is 4.76. The number of hydrogen-bond donors (Lipinski definition) is 1. The highest BCUT2D eigenvalue weighted by Crippen LogP contribution is 2.22. The molecule has 0 atom stereocenters. The first-order chi connectivity index (χ1) is 14.5. The van der Waals surface area contributed by atoms with Crippen molar-refractivity contribution in [2.24, 2.45) is 0 Å². The van der Waals surface area contributed by atoms with Crippen molar-refractivity contribution in [3.05, 3.63) is 83.8 Å². The van der Waals surface area contributed by atoms with E-state index in [4.69, 9.17) is 9.72 Å². The molecule has 0 aliphatic carbocycles. The third kappa shape index (κ3) is 4.10. The number of aryl methyl sites for hydroxylation is 1. The van der Waals surface area contributed by atoms with Crippen molar-refractivity contribution in [2.45, 2.75) is 13.5 Å². The lowest BCUT2D eigenvalue weighted by molar-refractivity contribution is 0.102. The third-order valence-electron chi connectivity index (χ3n) is 4.76. The Morgan fingerprint density at radius 1 is 1.13 bits per heavy atom. The smallest absolute Gasteiger partial charge is 0.276 e. The maximum absolute atomic E-state index is 12.7. The quantitative estimate of drug-likeness (QED) is 0.530. The van der Waals surface area contributed by atoms with Gasteiger partial charge >= 0.3 is 0 Å². The van der Waals surface area contributed by atoms with Crippen LogP contribution in [0.3, 0.4) is 0 Å². The monoisotopic (exact) mass is 401 g/mol. The van der Waals surface area contributed by atoms with Crippen molar-refractivity contribution in [3.8, 4) is 5.75 Å². The summed E-state index contributed by atoms with van der Waals surface area (Å²) in [6.45, 7) is 2.61. The number of rotatable bonds is 6. The molecule has 1 amide bonds. The normalized spacial score (nSPS) is 10.8. The van der Waals surface area contributed by atoms with E-state index in [1.807, 2.05) is 38.4 Å². The minimum Gasteiger partial charge on any atom is -0.497 e. The Balaban J connectivity index is 1.61. The number of ether oxygens (including phenoxy) is 1. The molecule has 1 N–H and O–H groups in total. The summed E-state index contributed by atoms with van der Waals surface area (Å²) in [7, 11) is 3.59. The fraction of sp³-hybridized carbons (Fsp3) is 0.174. The first-order valence-electron chi connectivity index (χ1n) is 9.61. The Hall–Kier alpha value is -3.87. The van der Waals surface area contributed by atoms with Crippen LogP contribution in [-0.2, 0) is 6.54 Å². The topological polar surface area (TPSA) is 71.8 Å². The lowest BCUT2D eigenvalue weighted by Crippen LogP contribution is -2.19. The number of fused-ring (bicyclic) bond motifs is 1. The molecule has 0 aliphatic heterocycles. The second-order valence-corrected chi connectivity index (χ2v) is 7.09. The van der Waals surface area contributed by atoms with Crippen molar-refractivity contribution in [1.29, 1.82) is 0 Å². The summed E-state index contributed by atoms with van der Waals surface area (Å²) in [6, 6.07) is 19.1. The molecule has 2 heterocycles. The van der Waals surface area contributed by atoms with E-state index in [1.54, 1.807) is 42.0 Å². The van der Waals surface area contributed by atoms with Gasteiger partial charge in [-0.1, -0.05) is 30.3 Å². The number of carbonyl (C=O) groups excluding carboxylic acids is 1. The lowest BCUT2D eigenvalue weighted by Gasteiger charge is -2.19. The number of nitrogens with zero attached hydrogens (tertiary/aromatic N) is 4. The highest BCUT2D eigenvalue weighted by Gasteiger charge is 2.17. The molecule has 2 aromatic heterocycles. The molecule has 30 heavy (non-hydrogen) atoms. The number of hydrogen-bond acceptors (Lipinski definition) is 5. The fourth-order valence-electron chi connectivity index (χ4n) is 3.28. The Labute approximate surface area is 174 Å². The molecule has 4 aromatic rings. The molecule has 4 rings (SSSR count). The summed E-state index contributed by atoms with van der Waals surface area (Å²) in [6.07, 6.45) is 1.82.